The number of carboxylic acid groups (broad SMARTS) is 1. The van der Waals surface area contributed by atoms with Crippen LogP contribution in [-0.2, 0) is 69.8 Å². The average Bonchev–Trinajstić information content (AvgIpc) is 1.45. The number of allylic oxidation sites excluding steroid dienone is 2. The zero-order valence-electron chi connectivity index (χ0n) is 66.5. The molecule has 4 saturated carbocycles. The molecule has 16 rings (SSSR count). The van der Waals surface area contributed by atoms with E-state index < -0.39 is 127 Å². The number of nitrogens with two attached hydrogens (primary N) is 1. The van der Waals surface area contributed by atoms with Crippen LogP contribution in [-0.4, -0.2) is 160 Å². The first-order valence-corrected chi connectivity index (χ1v) is 48.2. The van der Waals surface area contributed by atoms with Crippen molar-refractivity contribution in [1.82, 2.24) is 55.4 Å². The quantitative estimate of drug-likeness (QED) is 0.0416. The second-order valence-corrected chi connectivity index (χ2v) is 38.6. The molecule has 6 fully saturated rings. The molecule has 2 saturated heterocycles. The van der Waals surface area contributed by atoms with E-state index >= 15 is 0 Å². The Morgan fingerprint density at radius 3 is 1.32 bits per heavy atom. The molecule has 8 N–H and O–H groups in total. The predicted molar refractivity (Wildman–Crippen MR) is 460 cm³/mol. The lowest BCUT2D eigenvalue weighted by Crippen LogP contribution is -2.58. The van der Waals surface area contributed by atoms with Gasteiger partial charge in [0.15, 0.2) is 0 Å². The average molecular weight is 1760 g/mol. The smallest absolute Gasteiger partial charge is 0.408 e. The van der Waals surface area contributed by atoms with Gasteiger partial charge in [0.1, 0.15) is 47.5 Å². The number of hydrogen-bond donors (Lipinski definition) is 7. The van der Waals surface area contributed by atoms with Crippen LogP contribution in [0.3, 0.4) is 0 Å². The van der Waals surface area contributed by atoms with E-state index in [9.17, 15) is 69.9 Å². The van der Waals surface area contributed by atoms with Crippen molar-refractivity contribution < 1.29 is 69.8 Å². The second kappa shape index (κ2) is 38.8. The minimum atomic E-state index is -4.16. The number of carbonyl (C=O) groups is 8. The van der Waals surface area contributed by atoms with E-state index in [1.165, 1.54) is 64.5 Å². The second-order valence-electron chi connectivity index (χ2n) is 32.2. The van der Waals surface area contributed by atoms with Crippen molar-refractivity contribution >= 4 is 113 Å². The maximum atomic E-state index is 14.8. The standard InChI is InChI=1S/C43H48N6O8S3.C36H41N5O7S2.C7H9NO2S/c50-38-36-21-32(49-40(52)37(30-18-20-59-26-30)34(23-44-49)29-17-19-58-25-29)24-48(36)39(51)35(45-42(54)57-33-14-9-10-15-33)16-8-3-1-2-7-13-31-22-43(31,46-38)41(53)47-60(55,56)27-28-11-5-4-6-12-28;42-31-29-16-25(41-33(44)30(23-13-15-50-21-23)27(18-37-41)22-12-14-49-20-22)19-40(29)32(43)28(38-35(47)48-26-9-6-7-10-26)11-5-3-1-2-4-8-24-17-36(24,39-31)34(45)46;8-11(9,10)6-7-4-2-1-3-5-7/h4-7,11-13,17-20,23,25-26,31-33,35-36H,1-3,8-10,14-16,21-22,24,27H2,(H,45,54)(H,46,50)(H,47,53);4,8,12-15,18,20-21,24-26,28-29H,1-3,5-7,9-11,16-17,19H2,(H,38,47)(H,39,42)(H,45,46);1-5H,6H2,(H2,8,9,10)/b13-7-;8-4-;/t31?,32-,35+,36+,43-;24?,25-,28+,29+,36-;/m11./s1. The monoisotopic (exact) mass is 1760 g/mol. The van der Waals surface area contributed by atoms with Crippen LogP contribution < -0.4 is 42.2 Å². The van der Waals surface area contributed by atoms with Crippen molar-refractivity contribution in [1.29, 1.82) is 0 Å². The molecule has 29 nitrogen and oxygen atoms in total. The highest BCUT2D eigenvalue weighted by Gasteiger charge is 2.63. The number of benzene rings is 2. The van der Waals surface area contributed by atoms with E-state index in [2.05, 4.69) is 36.2 Å². The number of carbonyl (C=O) groups excluding carboxylic acids is 7. The fourth-order valence-corrected chi connectivity index (χ4v) is 21.6. The maximum Gasteiger partial charge on any atom is 0.408 e. The van der Waals surface area contributed by atoms with E-state index in [0.717, 1.165) is 111 Å². The molecule has 10 atom stereocenters. The first kappa shape index (κ1) is 87.1. The van der Waals surface area contributed by atoms with Gasteiger partial charge in [-0.1, -0.05) is 111 Å². The molecule has 35 heteroatoms. The van der Waals surface area contributed by atoms with Crippen molar-refractivity contribution in [2.24, 2.45) is 17.0 Å². The van der Waals surface area contributed by atoms with Crippen molar-refractivity contribution in [3.05, 3.63) is 197 Å². The Bertz CT molecular complexity index is 5450. The van der Waals surface area contributed by atoms with E-state index in [4.69, 9.17) is 14.6 Å². The minimum absolute atomic E-state index is 0.0239. The Kier molecular flexibility index (Phi) is 27.9. The van der Waals surface area contributed by atoms with Crippen LogP contribution in [0.2, 0.25) is 0 Å². The highest BCUT2D eigenvalue weighted by molar-refractivity contribution is 7.89. The minimum Gasteiger partial charge on any atom is -0.479 e. The number of nitrogens with zero attached hydrogens (tertiary/aromatic N) is 6. The lowest BCUT2D eigenvalue weighted by molar-refractivity contribution is -0.145. The number of thiophene rings is 4. The summed E-state index contributed by atoms with van der Waals surface area (Å²) in [4.78, 5) is 142. The largest absolute Gasteiger partial charge is 0.479 e. The zero-order valence-corrected chi connectivity index (χ0v) is 71.4. The summed E-state index contributed by atoms with van der Waals surface area (Å²) in [6.45, 7) is -0.113. The fraction of sp³-hybridized carbons (Fsp3) is 0.442. The molecular formula is C86H98N12O17S6. The molecule has 0 radical (unpaired) electrons. The molecular weight excluding hydrogens is 1670 g/mol. The lowest BCUT2D eigenvalue weighted by Gasteiger charge is -2.30. The third-order valence-electron chi connectivity index (χ3n) is 23.7. The molecule has 4 aliphatic heterocycles. The molecule has 8 aromatic rings. The molecule has 10 heterocycles. The van der Waals surface area contributed by atoms with E-state index in [-0.39, 0.29) is 73.8 Å². The SMILES string of the molecule is NS(=O)(=O)Cc1ccccc1.O=C(N[C@H]1CCCCC/C=C\C2C[C@@]2(C(=O)NS(=O)(=O)Cc2ccccc2)NC(=O)[C@@H]2C[C@@H](n3ncc(-c4ccsc4)c(-c4ccsc4)c3=O)CN2C1=O)OC1CCCC1.O=C(N[C@H]1CCCCC/C=C\C2C[C@@]2(C(=O)O)NC(=O)[C@@H]2C[C@@H](n3ncc(-c4ccsc4)c(-c4ccsc4)c3=O)CN2C1=O)OC1CCCC1. The Morgan fingerprint density at radius 2 is 0.909 bits per heavy atom. The number of aliphatic carboxylic acids is 1. The van der Waals surface area contributed by atoms with E-state index in [0.29, 0.717) is 59.9 Å². The molecule has 0 spiro atoms. The maximum absolute atomic E-state index is 14.8. The van der Waals surface area contributed by atoms with E-state index in [1.54, 1.807) is 67.0 Å². The highest BCUT2D eigenvalue weighted by Crippen LogP contribution is 2.48. The summed E-state index contributed by atoms with van der Waals surface area (Å²) in [6.07, 6.45) is 22.9. The first-order valence-electron chi connectivity index (χ1n) is 41.1. The van der Waals surface area contributed by atoms with E-state index in [1.807, 2.05) is 97.7 Å². The molecule has 121 heavy (non-hydrogen) atoms. The van der Waals surface area contributed by atoms with Gasteiger partial charge in [0.05, 0.1) is 47.1 Å². The molecule has 2 unspecified atom stereocenters. The molecule has 640 valence electrons. The van der Waals surface area contributed by atoms with Crippen LogP contribution in [0.4, 0.5) is 9.59 Å². The van der Waals surface area contributed by atoms with Gasteiger partial charge in [-0.25, -0.2) is 45.7 Å². The number of fused-ring (bicyclic) bond motifs is 4. The number of amides is 7. The molecule has 4 aliphatic carbocycles. The zero-order chi connectivity index (χ0) is 85.0. The summed E-state index contributed by atoms with van der Waals surface area (Å²) >= 11 is 5.94. The van der Waals surface area contributed by atoms with Crippen LogP contribution in [0, 0.1) is 11.8 Å². The van der Waals surface area contributed by atoms with Crippen molar-refractivity contribution in [2.45, 2.75) is 212 Å². The number of primary sulfonamides is 1. The Morgan fingerprint density at radius 1 is 0.512 bits per heavy atom. The van der Waals surface area contributed by atoms with Gasteiger partial charge >= 0.3 is 18.2 Å². The third-order valence-corrected chi connectivity index (χ3v) is 28.4. The predicted octanol–water partition coefficient (Wildman–Crippen LogP) is 11.8. The van der Waals surface area contributed by atoms with Crippen LogP contribution in [0.1, 0.15) is 164 Å². The number of ether oxygens (including phenoxy) is 2. The third kappa shape index (κ3) is 21.3. The van der Waals surface area contributed by atoms with Crippen LogP contribution in [0.5, 0.6) is 0 Å². The van der Waals surface area contributed by atoms with Gasteiger partial charge in [0, 0.05) is 48.9 Å². The first-order chi connectivity index (χ1) is 58.3. The number of alkyl carbamates (subject to hydrolysis) is 2. The molecule has 0 bridgehead atoms. The summed E-state index contributed by atoms with van der Waals surface area (Å²) in [5, 5.41) is 50.9. The normalized spacial score (nSPS) is 25.3. The van der Waals surface area contributed by atoms with Gasteiger partial charge < -0.3 is 45.6 Å². The Hall–Kier alpha value is -10.3. The van der Waals surface area contributed by atoms with Gasteiger partial charge in [-0.3, -0.25) is 38.3 Å². The number of nitrogens with one attached hydrogen (secondary N) is 5. The van der Waals surface area contributed by atoms with Gasteiger partial charge in [0.25, 0.3) is 17.0 Å². The topological polar surface area (TPSA) is 406 Å². The van der Waals surface area contributed by atoms with Crippen LogP contribution >= 0.6 is 45.3 Å². The molecule has 8 aliphatic rings. The van der Waals surface area contributed by atoms with Crippen molar-refractivity contribution in [3.8, 4) is 44.5 Å². The summed E-state index contributed by atoms with van der Waals surface area (Å²) in [7, 11) is -7.54. The lowest BCUT2D eigenvalue weighted by atomic mass is 10.0. The van der Waals surface area contributed by atoms with Crippen LogP contribution in [0.25, 0.3) is 44.5 Å². The van der Waals surface area contributed by atoms with Gasteiger partial charge in [-0.05, 0) is 203 Å². The van der Waals surface area contributed by atoms with Crippen LogP contribution in [0.15, 0.2) is 174 Å². The van der Waals surface area contributed by atoms with Crippen molar-refractivity contribution in [3.63, 3.8) is 0 Å². The number of aromatic nitrogens is 4. The number of carboxylic acids is 1. The number of rotatable bonds is 17. The fourth-order valence-electron chi connectivity index (χ4n) is 17.2. The Labute approximate surface area is 716 Å². The molecule has 6 aromatic heterocycles. The molecule has 7 amide bonds. The summed E-state index contributed by atoms with van der Waals surface area (Å²) in [6, 6.07) is 19.2. The van der Waals surface area contributed by atoms with Gasteiger partial charge in [-0.15, -0.1) is 0 Å². The highest BCUT2D eigenvalue weighted by atomic mass is 32.2. The summed E-state index contributed by atoms with van der Waals surface area (Å²) in [5.41, 5.74) is 2.85. The van der Waals surface area contributed by atoms with Gasteiger partial charge in [0.2, 0.25) is 43.7 Å². The Balaban J connectivity index is 0.000000178. The van der Waals surface area contributed by atoms with Crippen molar-refractivity contribution in [2.75, 3.05) is 13.1 Å². The molecule has 2 aromatic carbocycles. The number of hydrogen-bond acceptors (Lipinski definition) is 22. The number of sulfonamides is 2. The summed E-state index contributed by atoms with van der Waals surface area (Å²) < 4.78 is 64.0. The van der Waals surface area contributed by atoms with Gasteiger partial charge in [-0.2, -0.15) is 55.5 Å². The summed E-state index contributed by atoms with van der Waals surface area (Å²) in [5.74, 6) is -5.67.